The summed E-state index contributed by atoms with van der Waals surface area (Å²) in [5.74, 6) is -0.774. The summed E-state index contributed by atoms with van der Waals surface area (Å²) < 4.78 is 13.9. The SMILES string of the molecule is Cc1cccc(C)c1C(O)C(CN)c1ccccc1F. The van der Waals surface area contributed by atoms with Crippen molar-refractivity contribution < 1.29 is 9.50 Å². The Balaban J connectivity index is 2.45. The van der Waals surface area contributed by atoms with Crippen LogP contribution in [0.5, 0.6) is 0 Å². The van der Waals surface area contributed by atoms with E-state index in [1.165, 1.54) is 6.07 Å². The van der Waals surface area contributed by atoms with Crippen molar-refractivity contribution in [2.45, 2.75) is 25.9 Å². The van der Waals surface area contributed by atoms with E-state index in [1.807, 2.05) is 32.0 Å². The zero-order chi connectivity index (χ0) is 14.7. The molecule has 0 saturated carbocycles. The van der Waals surface area contributed by atoms with Crippen LogP contribution in [0.15, 0.2) is 42.5 Å². The maximum absolute atomic E-state index is 13.9. The molecule has 2 aromatic carbocycles. The molecule has 0 spiro atoms. The number of aryl methyl sites for hydroxylation is 2. The van der Waals surface area contributed by atoms with Crippen molar-refractivity contribution in [2.24, 2.45) is 5.73 Å². The third-order valence-corrected chi connectivity index (χ3v) is 3.78. The van der Waals surface area contributed by atoms with Crippen molar-refractivity contribution in [3.05, 3.63) is 70.5 Å². The fourth-order valence-electron chi connectivity index (χ4n) is 2.70. The van der Waals surface area contributed by atoms with Crippen molar-refractivity contribution in [3.63, 3.8) is 0 Å². The maximum atomic E-state index is 13.9. The Bertz CT molecular complexity index is 577. The highest BCUT2D eigenvalue weighted by atomic mass is 19.1. The van der Waals surface area contributed by atoms with Crippen molar-refractivity contribution >= 4 is 0 Å². The fraction of sp³-hybridized carbons (Fsp3) is 0.294. The van der Waals surface area contributed by atoms with Crippen LogP contribution in [0.3, 0.4) is 0 Å². The lowest BCUT2D eigenvalue weighted by Gasteiger charge is -2.25. The van der Waals surface area contributed by atoms with Crippen molar-refractivity contribution in [3.8, 4) is 0 Å². The second kappa shape index (κ2) is 6.16. The molecule has 3 heteroatoms. The minimum Gasteiger partial charge on any atom is -0.388 e. The minimum absolute atomic E-state index is 0.190. The van der Waals surface area contributed by atoms with Crippen LogP contribution in [0.1, 0.15) is 34.3 Å². The maximum Gasteiger partial charge on any atom is 0.126 e. The number of halogens is 1. The molecule has 0 bridgehead atoms. The van der Waals surface area contributed by atoms with Crippen molar-refractivity contribution in [1.82, 2.24) is 0 Å². The van der Waals surface area contributed by atoms with Crippen molar-refractivity contribution in [2.75, 3.05) is 6.54 Å². The summed E-state index contributed by atoms with van der Waals surface area (Å²) in [4.78, 5) is 0. The van der Waals surface area contributed by atoms with Gasteiger partial charge in [-0.2, -0.15) is 0 Å². The Morgan fingerprint density at radius 1 is 1.05 bits per heavy atom. The molecule has 0 aliphatic heterocycles. The van der Waals surface area contributed by atoms with E-state index in [9.17, 15) is 9.50 Å². The van der Waals surface area contributed by atoms with Gasteiger partial charge in [0.25, 0.3) is 0 Å². The predicted molar refractivity (Wildman–Crippen MR) is 79.1 cm³/mol. The second-order valence-electron chi connectivity index (χ2n) is 5.11. The van der Waals surface area contributed by atoms with E-state index in [0.29, 0.717) is 5.56 Å². The van der Waals surface area contributed by atoms with E-state index >= 15 is 0 Å². The minimum atomic E-state index is -0.807. The highest BCUT2D eigenvalue weighted by Gasteiger charge is 2.26. The van der Waals surface area contributed by atoms with Gasteiger partial charge < -0.3 is 10.8 Å². The van der Waals surface area contributed by atoms with Gasteiger partial charge in [0.1, 0.15) is 5.82 Å². The molecule has 2 rings (SSSR count). The monoisotopic (exact) mass is 273 g/mol. The summed E-state index contributed by atoms with van der Waals surface area (Å²) in [6.07, 6.45) is -0.807. The molecular weight excluding hydrogens is 253 g/mol. The Morgan fingerprint density at radius 3 is 2.20 bits per heavy atom. The van der Waals surface area contributed by atoms with Crippen LogP contribution in [0.4, 0.5) is 4.39 Å². The molecule has 0 radical (unpaired) electrons. The quantitative estimate of drug-likeness (QED) is 0.898. The normalized spacial score (nSPS) is 14.1. The molecule has 0 heterocycles. The van der Waals surface area contributed by atoms with Gasteiger partial charge in [-0.05, 0) is 42.2 Å². The molecule has 2 aromatic rings. The van der Waals surface area contributed by atoms with E-state index in [-0.39, 0.29) is 12.4 Å². The number of rotatable bonds is 4. The lowest BCUT2D eigenvalue weighted by atomic mass is 9.85. The molecule has 0 fully saturated rings. The first-order valence-electron chi connectivity index (χ1n) is 6.75. The molecule has 0 saturated heterocycles. The third-order valence-electron chi connectivity index (χ3n) is 3.78. The molecular formula is C17H20FNO. The zero-order valence-electron chi connectivity index (χ0n) is 11.8. The number of aliphatic hydroxyl groups is 1. The Kier molecular flexibility index (Phi) is 4.53. The molecule has 2 nitrogen and oxygen atoms in total. The fourth-order valence-corrected chi connectivity index (χ4v) is 2.70. The Hall–Kier alpha value is -1.71. The second-order valence-corrected chi connectivity index (χ2v) is 5.11. The first-order valence-corrected chi connectivity index (χ1v) is 6.75. The van der Waals surface area contributed by atoms with Crippen LogP contribution in [0.2, 0.25) is 0 Å². The summed E-state index contributed by atoms with van der Waals surface area (Å²) in [5, 5.41) is 10.7. The number of nitrogens with two attached hydrogens (primary N) is 1. The first kappa shape index (κ1) is 14.7. The van der Waals surface area contributed by atoms with Gasteiger partial charge in [-0.1, -0.05) is 36.4 Å². The largest absolute Gasteiger partial charge is 0.388 e. The number of benzene rings is 2. The van der Waals surface area contributed by atoms with Gasteiger partial charge in [0, 0.05) is 12.5 Å². The molecule has 2 atom stereocenters. The van der Waals surface area contributed by atoms with Gasteiger partial charge >= 0.3 is 0 Å². The van der Waals surface area contributed by atoms with Crippen LogP contribution in [-0.2, 0) is 0 Å². The molecule has 0 aliphatic carbocycles. The lowest BCUT2D eigenvalue weighted by Crippen LogP contribution is -2.22. The van der Waals surface area contributed by atoms with Gasteiger partial charge in [0.05, 0.1) is 6.10 Å². The van der Waals surface area contributed by atoms with E-state index in [0.717, 1.165) is 16.7 Å². The summed E-state index contributed by atoms with van der Waals surface area (Å²) in [7, 11) is 0. The number of hydrogen-bond donors (Lipinski definition) is 2. The van der Waals surface area contributed by atoms with Crippen LogP contribution < -0.4 is 5.73 Å². The van der Waals surface area contributed by atoms with Crippen LogP contribution in [-0.4, -0.2) is 11.7 Å². The summed E-state index contributed by atoms with van der Waals surface area (Å²) >= 11 is 0. The molecule has 106 valence electrons. The van der Waals surface area contributed by atoms with Gasteiger partial charge in [-0.3, -0.25) is 0 Å². The van der Waals surface area contributed by atoms with Crippen molar-refractivity contribution in [1.29, 1.82) is 0 Å². The summed E-state index contributed by atoms with van der Waals surface area (Å²) in [6, 6.07) is 12.3. The van der Waals surface area contributed by atoms with Gasteiger partial charge in [-0.15, -0.1) is 0 Å². The Morgan fingerprint density at radius 2 is 1.65 bits per heavy atom. The van der Waals surface area contributed by atoms with Gasteiger partial charge in [0.2, 0.25) is 0 Å². The van der Waals surface area contributed by atoms with E-state index in [1.54, 1.807) is 18.2 Å². The standard InChI is InChI=1S/C17H20FNO/c1-11-6-5-7-12(2)16(11)17(20)14(10-19)13-8-3-4-9-15(13)18/h3-9,14,17,20H,10,19H2,1-2H3. The predicted octanol–water partition coefficient (Wildman–Crippen LogP) is 3.22. The molecule has 0 aliphatic rings. The van der Waals surface area contributed by atoms with Crippen LogP contribution >= 0.6 is 0 Å². The molecule has 20 heavy (non-hydrogen) atoms. The average Bonchev–Trinajstić information content (AvgIpc) is 2.41. The van der Waals surface area contributed by atoms with E-state index in [4.69, 9.17) is 5.73 Å². The highest BCUT2D eigenvalue weighted by molar-refractivity contribution is 5.38. The van der Waals surface area contributed by atoms with E-state index < -0.39 is 12.0 Å². The van der Waals surface area contributed by atoms with Gasteiger partial charge in [-0.25, -0.2) is 4.39 Å². The summed E-state index contributed by atoms with van der Waals surface area (Å²) in [6.45, 7) is 4.08. The molecule has 2 unspecified atom stereocenters. The Labute approximate surface area is 119 Å². The van der Waals surface area contributed by atoms with Crippen LogP contribution in [0.25, 0.3) is 0 Å². The highest BCUT2D eigenvalue weighted by Crippen LogP contribution is 2.34. The third kappa shape index (κ3) is 2.74. The number of aliphatic hydroxyl groups excluding tert-OH is 1. The van der Waals surface area contributed by atoms with E-state index in [2.05, 4.69) is 0 Å². The molecule has 0 amide bonds. The van der Waals surface area contributed by atoms with Gasteiger partial charge in [0.15, 0.2) is 0 Å². The average molecular weight is 273 g/mol. The lowest BCUT2D eigenvalue weighted by molar-refractivity contribution is 0.144. The first-order chi connectivity index (χ1) is 9.56. The zero-order valence-corrected chi connectivity index (χ0v) is 11.8. The molecule has 0 aromatic heterocycles. The smallest absolute Gasteiger partial charge is 0.126 e. The molecule has 3 N–H and O–H groups in total. The van der Waals surface area contributed by atoms with Crippen LogP contribution in [0, 0.1) is 19.7 Å². The number of hydrogen-bond acceptors (Lipinski definition) is 2. The summed E-state index contributed by atoms with van der Waals surface area (Å²) in [5.41, 5.74) is 9.07. The topological polar surface area (TPSA) is 46.2 Å².